The second-order valence-electron chi connectivity index (χ2n) is 9.56. The highest BCUT2D eigenvalue weighted by Crippen LogP contribution is 2.43. The number of amides is 2. The predicted molar refractivity (Wildman–Crippen MR) is 117 cm³/mol. The molecule has 3 fully saturated rings. The van der Waals surface area contributed by atoms with Crippen LogP contribution in [0.2, 0.25) is 0 Å². The zero-order chi connectivity index (χ0) is 22.0. The van der Waals surface area contributed by atoms with Gasteiger partial charge in [0.15, 0.2) is 6.10 Å². The van der Waals surface area contributed by atoms with Crippen LogP contribution in [-0.2, 0) is 4.79 Å². The van der Waals surface area contributed by atoms with E-state index in [1.54, 1.807) is 11.0 Å². The maximum Gasteiger partial charge on any atom is 0.253 e. The van der Waals surface area contributed by atoms with E-state index in [0.717, 1.165) is 45.1 Å². The minimum Gasteiger partial charge on any atom is -0.393 e. The lowest BCUT2D eigenvalue weighted by atomic mass is 9.84. The number of piperidine rings is 1. The molecule has 0 aromatic heterocycles. The maximum atomic E-state index is 12.6. The van der Waals surface area contributed by atoms with Crippen LogP contribution >= 0.6 is 0 Å². The Labute approximate surface area is 184 Å². The van der Waals surface area contributed by atoms with Crippen molar-refractivity contribution in [2.75, 3.05) is 26.2 Å². The molecule has 31 heavy (non-hydrogen) atoms. The maximum absolute atomic E-state index is 12.6. The number of fused-ring (bicyclic) bond motifs is 2. The summed E-state index contributed by atoms with van der Waals surface area (Å²) in [5.74, 6) is 0.218. The number of hydrogen-bond donors (Lipinski definition) is 3. The zero-order valence-electron chi connectivity index (χ0n) is 18.2. The van der Waals surface area contributed by atoms with Crippen molar-refractivity contribution in [3.8, 4) is 0 Å². The zero-order valence-corrected chi connectivity index (χ0v) is 18.2. The first-order valence-electron chi connectivity index (χ1n) is 11.7. The Bertz CT molecular complexity index is 783. The van der Waals surface area contributed by atoms with Crippen LogP contribution in [0.25, 0.3) is 0 Å². The summed E-state index contributed by atoms with van der Waals surface area (Å²) in [5, 5.41) is 19.1. The third-order valence-electron chi connectivity index (χ3n) is 7.63. The Morgan fingerprint density at radius 3 is 2.45 bits per heavy atom. The summed E-state index contributed by atoms with van der Waals surface area (Å²) < 4.78 is 0. The van der Waals surface area contributed by atoms with Crippen molar-refractivity contribution >= 4 is 11.8 Å². The number of nitrogens with zero attached hydrogens (tertiary/aromatic N) is 2. The largest absolute Gasteiger partial charge is 0.393 e. The van der Waals surface area contributed by atoms with Gasteiger partial charge in [0.2, 0.25) is 5.91 Å². The lowest BCUT2D eigenvalue weighted by molar-refractivity contribution is -0.143. The number of carbonyl (C=O) groups is 2. The summed E-state index contributed by atoms with van der Waals surface area (Å²) in [4.78, 5) is 28.5. The van der Waals surface area contributed by atoms with Crippen LogP contribution in [0.5, 0.6) is 0 Å². The number of rotatable bonds is 9. The van der Waals surface area contributed by atoms with Gasteiger partial charge in [0, 0.05) is 37.3 Å². The van der Waals surface area contributed by atoms with Gasteiger partial charge in [0.25, 0.3) is 5.91 Å². The first-order valence-corrected chi connectivity index (χ1v) is 11.7. The molecule has 1 saturated carbocycles. The summed E-state index contributed by atoms with van der Waals surface area (Å²) >= 11 is 0. The molecule has 4 N–H and O–H groups in total. The molecule has 1 aliphatic carbocycles. The van der Waals surface area contributed by atoms with E-state index in [1.807, 2.05) is 12.1 Å². The van der Waals surface area contributed by atoms with Gasteiger partial charge in [-0.1, -0.05) is 18.6 Å². The van der Waals surface area contributed by atoms with Crippen LogP contribution in [-0.4, -0.2) is 76.3 Å². The van der Waals surface area contributed by atoms with E-state index < -0.39 is 12.7 Å². The highest BCUT2D eigenvalue weighted by molar-refractivity contribution is 5.92. The van der Waals surface area contributed by atoms with Gasteiger partial charge >= 0.3 is 0 Å². The molecular weight excluding hydrogens is 394 g/mol. The number of carbonyl (C=O) groups excluding carboxylic acids is 2. The number of aliphatic hydroxyl groups is 2. The molecule has 170 valence electrons. The van der Waals surface area contributed by atoms with Gasteiger partial charge in [-0.05, 0) is 68.1 Å². The van der Waals surface area contributed by atoms with Crippen molar-refractivity contribution in [2.45, 2.75) is 69.1 Å². The van der Waals surface area contributed by atoms with E-state index in [4.69, 9.17) is 5.73 Å². The highest BCUT2D eigenvalue weighted by atomic mass is 16.3. The van der Waals surface area contributed by atoms with E-state index in [1.165, 1.54) is 12.0 Å². The fourth-order valence-electron chi connectivity index (χ4n) is 5.66. The Morgan fingerprint density at radius 2 is 1.87 bits per heavy atom. The van der Waals surface area contributed by atoms with Crippen LogP contribution in [0, 0.1) is 5.92 Å². The van der Waals surface area contributed by atoms with Crippen LogP contribution in [0.3, 0.4) is 0 Å². The van der Waals surface area contributed by atoms with Crippen molar-refractivity contribution < 1.29 is 19.8 Å². The van der Waals surface area contributed by atoms with Gasteiger partial charge in [-0.3, -0.25) is 14.5 Å². The molecule has 2 bridgehead atoms. The molecule has 2 heterocycles. The van der Waals surface area contributed by atoms with E-state index in [9.17, 15) is 19.8 Å². The van der Waals surface area contributed by atoms with Crippen LogP contribution < -0.4 is 5.73 Å². The standard InChI is InChI=1S/C24H35N3O4/c25-23(30)18-6-2-5-17(11-18)19-12-20-7-8-21(13-19)27(20)10-9-26(14-16-3-1-4-16)24(31)22(29)15-28/h2,5-6,11,16,19-22,28-29H,1,3-4,7-10,12-15H2,(H2,25,30)/t19-,20+,21-,22-/m0/s1. The molecule has 2 aliphatic heterocycles. The Kier molecular flexibility index (Phi) is 6.94. The average molecular weight is 430 g/mol. The monoisotopic (exact) mass is 429 g/mol. The van der Waals surface area contributed by atoms with Gasteiger partial charge in [-0.25, -0.2) is 0 Å². The highest BCUT2D eigenvalue weighted by Gasteiger charge is 2.41. The Morgan fingerprint density at radius 1 is 1.16 bits per heavy atom. The SMILES string of the molecule is NC(=O)c1cccc([C@H]2C[C@H]3CC[C@@H](C2)N3CCN(CC2CCC2)C(=O)[C@@H](O)CO)c1. The molecule has 0 unspecified atom stereocenters. The van der Waals surface area contributed by atoms with Crippen molar-refractivity contribution in [3.05, 3.63) is 35.4 Å². The molecule has 0 spiro atoms. The number of primary amides is 1. The topological polar surface area (TPSA) is 107 Å². The van der Waals surface area contributed by atoms with Crippen LogP contribution in [0.15, 0.2) is 24.3 Å². The first kappa shape index (κ1) is 22.2. The summed E-state index contributed by atoms with van der Waals surface area (Å²) in [6, 6.07) is 8.68. The molecule has 1 aromatic carbocycles. The number of aliphatic hydroxyl groups excluding tert-OH is 2. The Hall–Kier alpha value is -1.96. The summed E-state index contributed by atoms with van der Waals surface area (Å²) in [6.45, 7) is 1.56. The fourth-order valence-corrected chi connectivity index (χ4v) is 5.66. The first-order chi connectivity index (χ1) is 15.0. The molecule has 4 atom stereocenters. The molecule has 2 amide bonds. The molecule has 1 aromatic rings. The minimum atomic E-state index is -1.32. The van der Waals surface area contributed by atoms with E-state index in [-0.39, 0.29) is 11.8 Å². The van der Waals surface area contributed by atoms with Crippen molar-refractivity contribution in [3.63, 3.8) is 0 Å². The van der Waals surface area contributed by atoms with Crippen LogP contribution in [0.4, 0.5) is 0 Å². The average Bonchev–Trinajstić information content (AvgIpc) is 2.98. The molecule has 2 saturated heterocycles. The quantitative estimate of drug-likeness (QED) is 0.551. The third kappa shape index (κ3) is 4.94. The molecular formula is C24H35N3O4. The molecule has 4 rings (SSSR count). The van der Waals surface area contributed by atoms with Gasteiger partial charge in [-0.15, -0.1) is 0 Å². The fraction of sp³-hybridized carbons (Fsp3) is 0.667. The summed E-state index contributed by atoms with van der Waals surface area (Å²) in [5.41, 5.74) is 7.22. The van der Waals surface area contributed by atoms with Crippen molar-refractivity contribution in [2.24, 2.45) is 11.7 Å². The smallest absolute Gasteiger partial charge is 0.253 e. The van der Waals surface area contributed by atoms with Crippen molar-refractivity contribution in [1.29, 1.82) is 0 Å². The lowest BCUT2D eigenvalue weighted by Crippen LogP contribution is -2.50. The number of nitrogens with two attached hydrogens (primary N) is 1. The Balaban J connectivity index is 1.38. The van der Waals surface area contributed by atoms with Gasteiger partial charge in [0.05, 0.1) is 6.61 Å². The van der Waals surface area contributed by atoms with Crippen molar-refractivity contribution in [1.82, 2.24) is 9.80 Å². The summed E-state index contributed by atoms with van der Waals surface area (Å²) in [7, 11) is 0. The summed E-state index contributed by atoms with van der Waals surface area (Å²) in [6.07, 6.45) is 6.59. The van der Waals surface area contributed by atoms with Gasteiger partial charge < -0.3 is 20.8 Å². The molecule has 3 aliphatic rings. The van der Waals surface area contributed by atoms with Crippen LogP contribution in [0.1, 0.15) is 66.8 Å². The van der Waals surface area contributed by atoms with E-state index in [2.05, 4.69) is 11.0 Å². The molecule has 7 heteroatoms. The van der Waals surface area contributed by atoms with E-state index in [0.29, 0.717) is 42.6 Å². The second-order valence-corrected chi connectivity index (χ2v) is 9.56. The van der Waals surface area contributed by atoms with E-state index >= 15 is 0 Å². The minimum absolute atomic E-state index is 0.347. The number of benzene rings is 1. The van der Waals surface area contributed by atoms with Gasteiger partial charge in [-0.2, -0.15) is 0 Å². The second kappa shape index (κ2) is 9.67. The van der Waals surface area contributed by atoms with Gasteiger partial charge in [0.1, 0.15) is 0 Å². The molecule has 7 nitrogen and oxygen atoms in total. The number of hydrogen-bond acceptors (Lipinski definition) is 5. The normalized spacial score (nSPS) is 27.0. The lowest BCUT2D eigenvalue weighted by Gasteiger charge is -2.41. The predicted octanol–water partition coefficient (Wildman–Crippen LogP) is 1.48. The molecule has 0 radical (unpaired) electrons. The third-order valence-corrected chi connectivity index (χ3v) is 7.63.